The first-order valence-corrected chi connectivity index (χ1v) is 10.6. The van der Waals surface area contributed by atoms with Crippen LogP contribution in [0.4, 0.5) is 4.79 Å². The van der Waals surface area contributed by atoms with E-state index in [1.807, 2.05) is 4.90 Å². The Hall–Kier alpha value is -1.30. The van der Waals surface area contributed by atoms with Gasteiger partial charge in [-0.2, -0.15) is 0 Å². The number of nitrogens with one attached hydrogen (secondary N) is 1. The standard InChI is InChI=1S/C20H33N3O3/c24-18(22-10-4-1-5-11-22)17-14-23(15-20(17)8-12-26-13-9-20)19(25)21-16-6-2-3-7-16/h16-17H,1-15H2,(H,21,25). The second kappa shape index (κ2) is 7.75. The lowest BCUT2D eigenvalue weighted by Gasteiger charge is -2.39. The molecule has 0 aromatic heterocycles. The number of piperidine rings is 1. The third kappa shape index (κ3) is 3.57. The lowest BCUT2D eigenvalue weighted by atomic mass is 9.71. The number of carbonyl (C=O) groups excluding carboxylic acids is 2. The fourth-order valence-corrected chi connectivity index (χ4v) is 5.42. The molecule has 3 heterocycles. The summed E-state index contributed by atoms with van der Waals surface area (Å²) >= 11 is 0. The maximum atomic E-state index is 13.3. The molecule has 1 unspecified atom stereocenters. The Morgan fingerprint density at radius 1 is 0.923 bits per heavy atom. The molecular formula is C20H33N3O3. The SMILES string of the molecule is O=C(NC1CCCC1)N1CC(C(=O)N2CCCCC2)C2(CCOCC2)C1. The largest absolute Gasteiger partial charge is 0.381 e. The Bertz CT molecular complexity index is 520. The normalized spacial score (nSPS) is 29.3. The van der Waals surface area contributed by atoms with Gasteiger partial charge < -0.3 is 19.9 Å². The van der Waals surface area contributed by atoms with Crippen LogP contribution >= 0.6 is 0 Å². The first-order chi connectivity index (χ1) is 12.7. The molecule has 4 rings (SSSR count). The van der Waals surface area contributed by atoms with E-state index in [-0.39, 0.29) is 23.3 Å². The van der Waals surface area contributed by atoms with Crippen LogP contribution in [0.15, 0.2) is 0 Å². The van der Waals surface area contributed by atoms with E-state index in [0.717, 1.165) is 51.6 Å². The number of nitrogens with zero attached hydrogens (tertiary/aromatic N) is 2. The van der Waals surface area contributed by atoms with Crippen molar-refractivity contribution >= 4 is 11.9 Å². The highest BCUT2D eigenvalue weighted by Gasteiger charge is 2.52. The van der Waals surface area contributed by atoms with Crippen LogP contribution in [0.25, 0.3) is 0 Å². The van der Waals surface area contributed by atoms with Gasteiger partial charge in [0.1, 0.15) is 0 Å². The number of amides is 3. The highest BCUT2D eigenvalue weighted by molar-refractivity contribution is 5.83. The number of hydrogen-bond acceptors (Lipinski definition) is 3. The summed E-state index contributed by atoms with van der Waals surface area (Å²) in [6, 6.07) is 0.363. The van der Waals surface area contributed by atoms with Crippen molar-refractivity contribution < 1.29 is 14.3 Å². The van der Waals surface area contributed by atoms with Gasteiger partial charge in [0.05, 0.1) is 5.92 Å². The zero-order valence-corrected chi connectivity index (χ0v) is 15.9. The molecule has 1 saturated carbocycles. The zero-order chi connectivity index (χ0) is 18.0. The van der Waals surface area contributed by atoms with Crippen LogP contribution in [0.3, 0.4) is 0 Å². The first-order valence-electron chi connectivity index (χ1n) is 10.6. The van der Waals surface area contributed by atoms with Crippen molar-refractivity contribution in [2.45, 2.75) is 63.8 Å². The van der Waals surface area contributed by atoms with E-state index in [9.17, 15) is 9.59 Å². The van der Waals surface area contributed by atoms with Crippen molar-refractivity contribution in [2.24, 2.45) is 11.3 Å². The molecule has 6 nitrogen and oxygen atoms in total. The molecule has 3 amide bonds. The van der Waals surface area contributed by atoms with E-state index in [1.165, 1.54) is 19.3 Å². The molecule has 4 aliphatic rings. The molecule has 26 heavy (non-hydrogen) atoms. The molecule has 0 aromatic carbocycles. The summed E-state index contributed by atoms with van der Waals surface area (Å²) in [5.41, 5.74) is -0.0835. The average Bonchev–Trinajstić information content (AvgIpc) is 3.31. The van der Waals surface area contributed by atoms with Gasteiger partial charge in [-0.3, -0.25) is 4.79 Å². The number of likely N-dealkylation sites (tertiary alicyclic amines) is 2. The molecule has 0 radical (unpaired) electrons. The predicted octanol–water partition coefficient (Wildman–Crippen LogP) is 2.38. The van der Waals surface area contributed by atoms with Gasteiger partial charge in [-0.25, -0.2) is 4.79 Å². The lowest BCUT2D eigenvalue weighted by molar-refractivity contribution is -0.141. The monoisotopic (exact) mass is 363 g/mol. The number of carbonyl (C=O) groups is 2. The fourth-order valence-electron chi connectivity index (χ4n) is 5.42. The van der Waals surface area contributed by atoms with Crippen LogP contribution in [0.1, 0.15) is 57.8 Å². The summed E-state index contributed by atoms with van der Waals surface area (Å²) in [7, 11) is 0. The molecule has 146 valence electrons. The van der Waals surface area contributed by atoms with E-state index in [1.54, 1.807) is 0 Å². The Morgan fingerprint density at radius 2 is 1.62 bits per heavy atom. The van der Waals surface area contributed by atoms with Gasteiger partial charge in [0.15, 0.2) is 0 Å². The van der Waals surface area contributed by atoms with Gasteiger partial charge in [0, 0.05) is 50.8 Å². The van der Waals surface area contributed by atoms with Crippen LogP contribution in [0.5, 0.6) is 0 Å². The Balaban J connectivity index is 1.47. The molecule has 3 aliphatic heterocycles. The summed E-state index contributed by atoms with van der Waals surface area (Å²) in [5.74, 6) is 0.224. The highest BCUT2D eigenvalue weighted by atomic mass is 16.5. The number of urea groups is 1. The zero-order valence-electron chi connectivity index (χ0n) is 15.9. The number of hydrogen-bond donors (Lipinski definition) is 1. The van der Waals surface area contributed by atoms with Crippen LogP contribution in [-0.2, 0) is 9.53 Å². The van der Waals surface area contributed by atoms with Gasteiger partial charge in [-0.15, -0.1) is 0 Å². The molecule has 4 fully saturated rings. The minimum absolute atomic E-state index is 0.0386. The maximum Gasteiger partial charge on any atom is 0.317 e. The molecule has 0 bridgehead atoms. The third-order valence-corrected chi connectivity index (χ3v) is 7.07. The summed E-state index contributed by atoms with van der Waals surface area (Å²) < 4.78 is 5.59. The highest BCUT2D eigenvalue weighted by Crippen LogP contribution is 2.45. The van der Waals surface area contributed by atoms with E-state index in [0.29, 0.717) is 32.3 Å². The van der Waals surface area contributed by atoms with Gasteiger partial charge >= 0.3 is 6.03 Å². The van der Waals surface area contributed by atoms with Crippen LogP contribution in [-0.4, -0.2) is 67.2 Å². The number of rotatable bonds is 2. The third-order valence-electron chi connectivity index (χ3n) is 7.07. The minimum Gasteiger partial charge on any atom is -0.381 e. The van der Waals surface area contributed by atoms with Crippen molar-refractivity contribution in [2.75, 3.05) is 39.4 Å². The summed E-state index contributed by atoms with van der Waals surface area (Å²) in [6.45, 7) is 4.48. The van der Waals surface area contributed by atoms with Gasteiger partial charge in [0.2, 0.25) is 5.91 Å². The van der Waals surface area contributed by atoms with Crippen molar-refractivity contribution in [1.82, 2.24) is 15.1 Å². The van der Waals surface area contributed by atoms with Crippen molar-refractivity contribution in [1.29, 1.82) is 0 Å². The van der Waals surface area contributed by atoms with E-state index < -0.39 is 0 Å². The average molecular weight is 364 g/mol. The Morgan fingerprint density at radius 3 is 2.31 bits per heavy atom. The molecule has 1 aliphatic carbocycles. The summed E-state index contributed by atoms with van der Waals surface area (Å²) in [6.07, 6.45) is 9.84. The molecule has 6 heteroatoms. The van der Waals surface area contributed by atoms with Crippen molar-refractivity contribution in [3.63, 3.8) is 0 Å². The van der Waals surface area contributed by atoms with Gasteiger partial charge in [-0.05, 0) is 44.9 Å². The maximum absolute atomic E-state index is 13.3. The van der Waals surface area contributed by atoms with Crippen LogP contribution in [0, 0.1) is 11.3 Å². The summed E-state index contributed by atoms with van der Waals surface area (Å²) in [4.78, 5) is 30.1. The predicted molar refractivity (Wildman–Crippen MR) is 98.8 cm³/mol. The van der Waals surface area contributed by atoms with Crippen molar-refractivity contribution in [3.05, 3.63) is 0 Å². The molecule has 1 spiro atoms. The molecule has 3 saturated heterocycles. The van der Waals surface area contributed by atoms with Gasteiger partial charge in [-0.1, -0.05) is 12.8 Å². The number of ether oxygens (including phenoxy) is 1. The van der Waals surface area contributed by atoms with E-state index in [2.05, 4.69) is 10.2 Å². The van der Waals surface area contributed by atoms with E-state index >= 15 is 0 Å². The summed E-state index contributed by atoms with van der Waals surface area (Å²) in [5, 5.41) is 3.21. The molecular weight excluding hydrogens is 330 g/mol. The quantitative estimate of drug-likeness (QED) is 0.819. The van der Waals surface area contributed by atoms with Crippen molar-refractivity contribution in [3.8, 4) is 0 Å². The molecule has 1 atom stereocenters. The van der Waals surface area contributed by atoms with Crippen LogP contribution in [0.2, 0.25) is 0 Å². The lowest BCUT2D eigenvalue weighted by Crippen LogP contribution is -2.47. The Kier molecular flexibility index (Phi) is 5.39. The molecule has 0 aromatic rings. The van der Waals surface area contributed by atoms with Gasteiger partial charge in [0.25, 0.3) is 0 Å². The second-order valence-corrected chi connectivity index (χ2v) is 8.72. The fraction of sp³-hybridized carbons (Fsp3) is 0.900. The molecule has 1 N–H and O–H groups in total. The topological polar surface area (TPSA) is 61.9 Å². The first kappa shape index (κ1) is 18.1. The Labute approximate surface area is 156 Å². The van der Waals surface area contributed by atoms with Crippen LogP contribution < -0.4 is 5.32 Å². The second-order valence-electron chi connectivity index (χ2n) is 8.72. The smallest absolute Gasteiger partial charge is 0.317 e. The minimum atomic E-state index is -0.0835. The van der Waals surface area contributed by atoms with E-state index in [4.69, 9.17) is 4.74 Å².